The summed E-state index contributed by atoms with van der Waals surface area (Å²) in [5, 5.41) is 19.6. The topological polar surface area (TPSA) is 45.4 Å². The molecule has 72 valence electrons. The maximum atomic E-state index is 9.51. The Morgan fingerprint density at radius 3 is 2.71 bits per heavy atom. The summed E-state index contributed by atoms with van der Waals surface area (Å²) in [7, 11) is -0.569. The summed E-state index contributed by atoms with van der Waals surface area (Å²) in [5.41, 5.74) is 1.80. The maximum absolute atomic E-state index is 9.51. The van der Waals surface area contributed by atoms with Crippen LogP contribution in [0.3, 0.4) is 0 Å². The number of benzene rings is 1. The molecule has 3 nitrogen and oxygen atoms in total. The van der Waals surface area contributed by atoms with Crippen molar-refractivity contribution in [1.82, 2.24) is 4.48 Å². The van der Waals surface area contributed by atoms with Gasteiger partial charge in [0, 0.05) is 16.5 Å². The third kappa shape index (κ3) is 1.33. The molecule has 0 radical (unpaired) electrons. The van der Waals surface area contributed by atoms with Crippen molar-refractivity contribution in [3.8, 4) is 0 Å². The van der Waals surface area contributed by atoms with Crippen LogP contribution in [-0.2, 0) is 6.61 Å². The van der Waals surface area contributed by atoms with Gasteiger partial charge in [-0.1, -0.05) is 18.2 Å². The third-order valence-corrected chi connectivity index (χ3v) is 2.40. The van der Waals surface area contributed by atoms with E-state index in [2.05, 4.69) is 0 Å². The summed E-state index contributed by atoms with van der Waals surface area (Å²) >= 11 is 0. The monoisotopic (exact) mass is 189 g/mol. The Labute approximate surface area is 82.7 Å². The van der Waals surface area contributed by atoms with Crippen LogP contribution >= 0.6 is 0 Å². The first-order chi connectivity index (χ1) is 6.74. The average molecular weight is 189 g/mol. The van der Waals surface area contributed by atoms with Gasteiger partial charge < -0.3 is 14.6 Å². The van der Waals surface area contributed by atoms with Crippen molar-refractivity contribution < 1.29 is 10.1 Å². The molecule has 0 saturated carbocycles. The molecule has 2 rings (SSSR count). The van der Waals surface area contributed by atoms with E-state index >= 15 is 0 Å². The highest BCUT2D eigenvalue weighted by Gasteiger charge is 2.12. The molecule has 14 heavy (non-hydrogen) atoms. The smallest absolute Gasteiger partial charge is 0.413 e. The number of hydrogen-bond acceptors (Lipinski definition) is 2. The lowest BCUT2D eigenvalue weighted by atomic mass is 9.88. The van der Waals surface area contributed by atoms with Gasteiger partial charge in [-0.15, -0.1) is 0 Å². The van der Waals surface area contributed by atoms with Crippen LogP contribution in [-0.4, -0.2) is 21.7 Å². The first-order valence-corrected chi connectivity index (χ1v) is 4.61. The molecule has 0 saturated heterocycles. The predicted molar refractivity (Wildman–Crippen MR) is 57.1 cm³/mol. The molecule has 1 aromatic heterocycles. The Bertz CT molecular complexity index is 450. The molecule has 0 amide bonds. The molecule has 1 aromatic carbocycles. The molecule has 2 aromatic rings. The largest absolute Gasteiger partial charge is 0.432 e. The quantitative estimate of drug-likeness (QED) is 0.694. The second kappa shape index (κ2) is 3.48. The minimum atomic E-state index is -0.569. The van der Waals surface area contributed by atoms with Crippen LogP contribution in [0.1, 0.15) is 5.56 Å². The van der Waals surface area contributed by atoms with Crippen molar-refractivity contribution in [2.24, 2.45) is 0 Å². The Morgan fingerprint density at radius 1 is 1.36 bits per heavy atom. The fraction of sp³-hybridized carbons (Fsp3) is 0.200. The Balaban J connectivity index is 2.73. The van der Waals surface area contributed by atoms with E-state index in [0.717, 1.165) is 16.5 Å². The number of hydrogen-bond donors (Lipinski definition) is 2. The summed E-state index contributed by atoms with van der Waals surface area (Å²) in [6.07, 6.45) is 1.79. The van der Waals surface area contributed by atoms with Crippen LogP contribution in [0, 0.1) is 0 Å². The number of fused-ring (bicyclic) bond motifs is 1. The van der Waals surface area contributed by atoms with Crippen molar-refractivity contribution in [2.45, 2.75) is 13.4 Å². The lowest BCUT2D eigenvalue weighted by Gasteiger charge is -2.03. The zero-order chi connectivity index (χ0) is 10.1. The zero-order valence-electron chi connectivity index (χ0n) is 8.01. The molecule has 4 heteroatoms. The molecule has 0 aliphatic rings. The van der Waals surface area contributed by atoms with Crippen molar-refractivity contribution >= 4 is 18.0 Å². The molecular formula is C10H12BNO2. The van der Waals surface area contributed by atoms with E-state index in [1.165, 1.54) is 0 Å². The van der Waals surface area contributed by atoms with Crippen molar-refractivity contribution in [3.63, 3.8) is 0 Å². The Morgan fingerprint density at radius 2 is 2.07 bits per heavy atom. The van der Waals surface area contributed by atoms with Gasteiger partial charge in [-0.2, -0.15) is 0 Å². The SMILES string of the molecule is CB(O)n1cc(CO)c2ccccc21. The van der Waals surface area contributed by atoms with Crippen LogP contribution in [0.25, 0.3) is 10.9 Å². The van der Waals surface area contributed by atoms with E-state index in [1.54, 1.807) is 17.5 Å². The molecule has 0 fully saturated rings. The van der Waals surface area contributed by atoms with Crippen molar-refractivity contribution in [2.75, 3.05) is 0 Å². The molecule has 1 heterocycles. The summed E-state index contributed by atoms with van der Waals surface area (Å²) in [6.45, 7) is 1.70. The fourth-order valence-electron chi connectivity index (χ4n) is 1.71. The highest BCUT2D eigenvalue weighted by molar-refractivity contribution is 6.48. The van der Waals surface area contributed by atoms with Crippen LogP contribution < -0.4 is 0 Å². The second-order valence-corrected chi connectivity index (χ2v) is 3.37. The van der Waals surface area contributed by atoms with E-state index in [-0.39, 0.29) is 6.61 Å². The van der Waals surface area contributed by atoms with Crippen molar-refractivity contribution in [3.05, 3.63) is 36.0 Å². The molecule has 0 atom stereocenters. The van der Waals surface area contributed by atoms with E-state index in [9.17, 15) is 5.02 Å². The van der Waals surface area contributed by atoms with Gasteiger partial charge in [-0.3, -0.25) is 0 Å². The normalized spacial score (nSPS) is 10.8. The van der Waals surface area contributed by atoms with Gasteiger partial charge in [0.1, 0.15) is 0 Å². The number of para-hydroxylation sites is 1. The molecule has 0 aliphatic carbocycles. The van der Waals surface area contributed by atoms with E-state index < -0.39 is 7.05 Å². The summed E-state index contributed by atoms with van der Waals surface area (Å²) in [4.78, 5) is 0. The van der Waals surface area contributed by atoms with E-state index in [0.29, 0.717) is 0 Å². The van der Waals surface area contributed by atoms with Gasteiger partial charge in [0.15, 0.2) is 0 Å². The second-order valence-electron chi connectivity index (χ2n) is 3.37. The fourth-order valence-corrected chi connectivity index (χ4v) is 1.71. The van der Waals surface area contributed by atoms with Crippen LogP contribution in [0.4, 0.5) is 0 Å². The lowest BCUT2D eigenvalue weighted by Crippen LogP contribution is -2.18. The standard InChI is InChI=1S/C10H12BNO2/c1-11(14)12-6-8(7-13)9-4-2-3-5-10(9)12/h2-6,13-14H,7H2,1H3. The minimum absolute atomic E-state index is 0.000231. The highest BCUT2D eigenvalue weighted by atomic mass is 16.3. The van der Waals surface area contributed by atoms with Gasteiger partial charge in [-0.05, 0) is 19.1 Å². The molecule has 0 spiro atoms. The molecule has 2 N–H and O–H groups in total. The zero-order valence-corrected chi connectivity index (χ0v) is 8.01. The summed E-state index contributed by atoms with van der Waals surface area (Å²) < 4.78 is 1.75. The predicted octanol–water partition coefficient (Wildman–Crippen LogP) is 1.09. The highest BCUT2D eigenvalue weighted by Crippen LogP contribution is 2.21. The molecular weight excluding hydrogens is 177 g/mol. The van der Waals surface area contributed by atoms with Gasteiger partial charge in [0.25, 0.3) is 0 Å². The van der Waals surface area contributed by atoms with E-state index in [1.807, 2.05) is 24.3 Å². The first kappa shape index (κ1) is 9.31. The number of aliphatic hydroxyl groups is 1. The first-order valence-electron chi connectivity index (χ1n) is 4.61. The van der Waals surface area contributed by atoms with Crippen molar-refractivity contribution in [1.29, 1.82) is 0 Å². The van der Waals surface area contributed by atoms with Gasteiger partial charge in [0.05, 0.1) is 6.61 Å². The number of aliphatic hydroxyl groups excluding tert-OH is 1. The molecule has 0 unspecified atom stereocenters. The minimum Gasteiger partial charge on any atom is -0.432 e. The third-order valence-electron chi connectivity index (χ3n) is 2.40. The number of aromatic nitrogens is 1. The lowest BCUT2D eigenvalue weighted by molar-refractivity contribution is 0.283. The van der Waals surface area contributed by atoms with Crippen LogP contribution in [0.5, 0.6) is 0 Å². The van der Waals surface area contributed by atoms with Crippen LogP contribution in [0.2, 0.25) is 6.82 Å². The summed E-state index contributed by atoms with van der Waals surface area (Å²) in [6, 6.07) is 7.72. The van der Waals surface area contributed by atoms with Gasteiger partial charge >= 0.3 is 7.05 Å². The van der Waals surface area contributed by atoms with Gasteiger partial charge in [0.2, 0.25) is 0 Å². The van der Waals surface area contributed by atoms with Gasteiger partial charge in [-0.25, -0.2) is 0 Å². The van der Waals surface area contributed by atoms with E-state index in [4.69, 9.17) is 5.11 Å². The number of nitrogens with zero attached hydrogens (tertiary/aromatic N) is 1. The number of rotatable bonds is 2. The average Bonchev–Trinajstić information content (AvgIpc) is 2.56. The molecule has 0 aliphatic heterocycles. The Kier molecular flexibility index (Phi) is 2.31. The van der Waals surface area contributed by atoms with Crippen LogP contribution in [0.15, 0.2) is 30.5 Å². The summed E-state index contributed by atoms with van der Waals surface area (Å²) in [5.74, 6) is 0. The Hall–Kier alpha value is -1.26. The molecule has 0 bridgehead atoms. The maximum Gasteiger partial charge on any atom is 0.413 e.